The van der Waals surface area contributed by atoms with Crippen molar-refractivity contribution in [2.24, 2.45) is 5.92 Å². The first-order valence-corrected chi connectivity index (χ1v) is 6.59. The Labute approximate surface area is 107 Å². The van der Waals surface area contributed by atoms with Crippen LogP contribution in [0.15, 0.2) is 27.6 Å². The number of carboxylic acid groups (broad SMARTS) is 1. The second-order valence-electron chi connectivity index (χ2n) is 3.55. The van der Waals surface area contributed by atoms with Crippen LogP contribution in [0.4, 0.5) is 0 Å². The van der Waals surface area contributed by atoms with Gasteiger partial charge in [0.15, 0.2) is 0 Å². The van der Waals surface area contributed by atoms with E-state index < -0.39 is 5.97 Å². The molecule has 0 aliphatic heterocycles. The first-order chi connectivity index (χ1) is 7.54. The van der Waals surface area contributed by atoms with Crippen molar-refractivity contribution in [3.63, 3.8) is 0 Å². The van der Waals surface area contributed by atoms with Gasteiger partial charge in [0.05, 0.1) is 5.56 Å². The highest BCUT2D eigenvalue weighted by Gasteiger charge is 2.08. The monoisotopic (exact) mass is 304 g/mol. The summed E-state index contributed by atoms with van der Waals surface area (Å²) in [4.78, 5) is 11.7. The minimum absolute atomic E-state index is 0.165. The van der Waals surface area contributed by atoms with E-state index in [0.29, 0.717) is 0 Å². The van der Waals surface area contributed by atoms with Crippen molar-refractivity contribution >= 4 is 33.7 Å². The van der Waals surface area contributed by atoms with Crippen molar-refractivity contribution in [2.75, 3.05) is 12.4 Å². The van der Waals surface area contributed by atoms with Gasteiger partial charge in [-0.15, -0.1) is 11.8 Å². The Hall–Kier alpha value is -0.520. The fourth-order valence-corrected chi connectivity index (χ4v) is 2.69. The van der Waals surface area contributed by atoms with Crippen LogP contribution < -0.4 is 0 Å². The molecule has 1 aromatic carbocycles. The third-order valence-electron chi connectivity index (χ3n) is 2.01. The van der Waals surface area contributed by atoms with E-state index in [9.17, 15) is 4.79 Å². The second kappa shape index (κ2) is 6.27. The van der Waals surface area contributed by atoms with E-state index in [-0.39, 0.29) is 18.1 Å². The van der Waals surface area contributed by atoms with E-state index in [2.05, 4.69) is 15.9 Å². The minimum atomic E-state index is -0.930. The van der Waals surface area contributed by atoms with Crippen LogP contribution >= 0.6 is 27.7 Å². The topological polar surface area (TPSA) is 57.5 Å². The number of aliphatic hydroxyl groups excluding tert-OH is 1. The molecular weight excluding hydrogens is 292 g/mol. The Bertz CT molecular complexity index is 381. The molecule has 0 heterocycles. The maximum Gasteiger partial charge on any atom is 0.335 e. The van der Waals surface area contributed by atoms with Gasteiger partial charge in [0.1, 0.15) is 0 Å². The number of rotatable bonds is 5. The smallest absolute Gasteiger partial charge is 0.335 e. The second-order valence-corrected chi connectivity index (χ2v) is 5.47. The number of benzene rings is 1. The van der Waals surface area contributed by atoms with Gasteiger partial charge >= 0.3 is 5.97 Å². The van der Waals surface area contributed by atoms with Gasteiger partial charge in [-0.3, -0.25) is 0 Å². The Kier molecular flexibility index (Phi) is 5.31. The molecule has 0 aromatic heterocycles. The summed E-state index contributed by atoms with van der Waals surface area (Å²) in [7, 11) is 0. The van der Waals surface area contributed by atoms with Crippen LogP contribution in [0.2, 0.25) is 0 Å². The van der Waals surface area contributed by atoms with Gasteiger partial charge in [0.25, 0.3) is 0 Å². The molecule has 1 aromatic rings. The zero-order valence-electron chi connectivity index (χ0n) is 8.81. The molecule has 2 N–H and O–H groups in total. The van der Waals surface area contributed by atoms with Gasteiger partial charge in [0, 0.05) is 21.7 Å². The van der Waals surface area contributed by atoms with Crippen molar-refractivity contribution < 1.29 is 15.0 Å². The van der Waals surface area contributed by atoms with E-state index in [0.717, 1.165) is 15.1 Å². The third kappa shape index (κ3) is 3.81. The summed E-state index contributed by atoms with van der Waals surface area (Å²) in [5.41, 5.74) is 0.270. The van der Waals surface area contributed by atoms with Crippen LogP contribution in [0.1, 0.15) is 17.3 Å². The summed E-state index contributed by atoms with van der Waals surface area (Å²) in [5.74, 6) is 0.110. The molecule has 1 rings (SSSR count). The first-order valence-electron chi connectivity index (χ1n) is 4.81. The number of thioether (sulfide) groups is 1. The highest BCUT2D eigenvalue weighted by Crippen LogP contribution is 2.29. The van der Waals surface area contributed by atoms with Crippen LogP contribution in [0.5, 0.6) is 0 Å². The van der Waals surface area contributed by atoms with Gasteiger partial charge in [-0.05, 0) is 40.0 Å². The lowest BCUT2D eigenvalue weighted by Gasteiger charge is -2.09. The zero-order valence-corrected chi connectivity index (χ0v) is 11.2. The fraction of sp³-hybridized carbons (Fsp3) is 0.364. The van der Waals surface area contributed by atoms with E-state index in [1.807, 2.05) is 6.92 Å². The summed E-state index contributed by atoms with van der Waals surface area (Å²) < 4.78 is 0.780. The van der Waals surface area contributed by atoms with E-state index >= 15 is 0 Å². The summed E-state index contributed by atoms with van der Waals surface area (Å²) >= 11 is 4.94. The van der Waals surface area contributed by atoms with Gasteiger partial charge < -0.3 is 10.2 Å². The Morgan fingerprint density at radius 1 is 1.56 bits per heavy atom. The number of carboxylic acids is 1. The highest BCUT2D eigenvalue weighted by molar-refractivity contribution is 9.10. The molecule has 0 aliphatic carbocycles. The Morgan fingerprint density at radius 2 is 2.25 bits per heavy atom. The number of hydrogen-bond donors (Lipinski definition) is 2. The number of hydrogen-bond acceptors (Lipinski definition) is 3. The number of carbonyl (C=O) groups is 1. The van der Waals surface area contributed by atoms with Crippen molar-refractivity contribution in [1.82, 2.24) is 0 Å². The van der Waals surface area contributed by atoms with Crippen LogP contribution in [0.3, 0.4) is 0 Å². The van der Waals surface area contributed by atoms with Crippen LogP contribution in [0.25, 0.3) is 0 Å². The molecule has 5 heteroatoms. The molecule has 88 valence electrons. The molecule has 0 saturated carbocycles. The molecule has 0 fully saturated rings. The predicted octanol–water partition coefficient (Wildman–Crippen LogP) is 2.87. The molecule has 0 saturated heterocycles. The van der Waals surface area contributed by atoms with Crippen molar-refractivity contribution in [3.8, 4) is 0 Å². The first kappa shape index (κ1) is 13.5. The van der Waals surface area contributed by atoms with Crippen molar-refractivity contribution in [1.29, 1.82) is 0 Å². The van der Waals surface area contributed by atoms with Gasteiger partial charge in [-0.25, -0.2) is 4.79 Å². The molecule has 3 nitrogen and oxygen atoms in total. The number of aliphatic hydroxyl groups is 1. The summed E-state index contributed by atoms with van der Waals surface area (Å²) in [6.07, 6.45) is 0. The summed E-state index contributed by atoms with van der Waals surface area (Å²) in [6, 6.07) is 4.95. The van der Waals surface area contributed by atoms with Gasteiger partial charge in [0.2, 0.25) is 0 Å². The van der Waals surface area contributed by atoms with Crippen LogP contribution in [0, 0.1) is 5.92 Å². The largest absolute Gasteiger partial charge is 0.478 e. The van der Waals surface area contributed by atoms with E-state index in [1.165, 1.54) is 0 Å². The van der Waals surface area contributed by atoms with Gasteiger partial charge in [-0.2, -0.15) is 0 Å². The lowest BCUT2D eigenvalue weighted by atomic mass is 10.2. The van der Waals surface area contributed by atoms with Crippen molar-refractivity contribution in [3.05, 3.63) is 28.2 Å². The zero-order chi connectivity index (χ0) is 12.1. The Morgan fingerprint density at radius 3 is 2.75 bits per heavy atom. The van der Waals surface area contributed by atoms with E-state index in [1.54, 1.807) is 30.0 Å². The van der Waals surface area contributed by atoms with Gasteiger partial charge in [-0.1, -0.05) is 6.92 Å². The average molecular weight is 305 g/mol. The summed E-state index contributed by atoms with van der Waals surface area (Å²) in [5, 5.41) is 17.7. The molecule has 0 spiro atoms. The lowest BCUT2D eigenvalue weighted by molar-refractivity contribution is 0.0696. The molecule has 1 atom stereocenters. The fourth-order valence-electron chi connectivity index (χ4n) is 1.04. The lowest BCUT2D eigenvalue weighted by Crippen LogP contribution is -2.03. The quantitative estimate of drug-likeness (QED) is 0.821. The Balaban J connectivity index is 2.72. The number of halogens is 1. The SMILES string of the molecule is CC(CO)CSc1ccc(C(=O)O)cc1Br. The van der Waals surface area contributed by atoms with Crippen molar-refractivity contribution in [2.45, 2.75) is 11.8 Å². The highest BCUT2D eigenvalue weighted by atomic mass is 79.9. The average Bonchev–Trinajstić information content (AvgIpc) is 2.26. The molecule has 0 aliphatic rings. The number of aromatic carboxylic acids is 1. The standard InChI is InChI=1S/C11H13BrO3S/c1-7(5-13)6-16-10-3-2-8(11(14)15)4-9(10)12/h2-4,7,13H,5-6H2,1H3,(H,14,15). The minimum Gasteiger partial charge on any atom is -0.478 e. The molecule has 0 amide bonds. The summed E-state index contributed by atoms with van der Waals surface area (Å²) in [6.45, 7) is 2.13. The van der Waals surface area contributed by atoms with E-state index in [4.69, 9.17) is 10.2 Å². The maximum absolute atomic E-state index is 10.7. The molecule has 1 unspecified atom stereocenters. The molecule has 16 heavy (non-hydrogen) atoms. The third-order valence-corrected chi connectivity index (χ3v) is 4.34. The maximum atomic E-state index is 10.7. The molecule has 0 bridgehead atoms. The molecular formula is C11H13BrO3S. The normalized spacial score (nSPS) is 12.4. The van der Waals surface area contributed by atoms with Crippen LogP contribution in [-0.4, -0.2) is 28.5 Å². The van der Waals surface area contributed by atoms with Crippen LogP contribution in [-0.2, 0) is 0 Å². The predicted molar refractivity (Wildman–Crippen MR) is 68.1 cm³/mol. The molecule has 0 radical (unpaired) electrons.